The van der Waals surface area contributed by atoms with Gasteiger partial charge in [-0.3, -0.25) is 0 Å². The fraction of sp³-hybridized carbons (Fsp3) is 0.143. The summed E-state index contributed by atoms with van der Waals surface area (Å²) in [7, 11) is 0. The number of rotatable bonds is 4. The summed E-state index contributed by atoms with van der Waals surface area (Å²) in [6.07, 6.45) is -4.46. The van der Waals surface area contributed by atoms with Gasteiger partial charge in [0.2, 0.25) is 0 Å². The van der Waals surface area contributed by atoms with E-state index in [2.05, 4.69) is 0 Å². The second-order valence-electron chi connectivity index (χ2n) is 6.19. The zero-order chi connectivity index (χ0) is 18.8. The Morgan fingerprint density at radius 2 is 1.35 bits per heavy atom. The number of alkyl halides is 3. The van der Waals surface area contributed by atoms with Gasteiger partial charge in [-0.1, -0.05) is 42.5 Å². The number of anilines is 1. The number of nitrogen functional groups attached to an aromatic ring is 1. The van der Waals surface area contributed by atoms with Gasteiger partial charge in [0.15, 0.2) is 0 Å². The molecule has 0 bridgehead atoms. The van der Waals surface area contributed by atoms with Crippen molar-refractivity contribution in [3.63, 3.8) is 0 Å². The molecule has 1 atom stereocenters. The first-order valence-electron chi connectivity index (χ1n) is 8.07. The first-order valence-corrected chi connectivity index (χ1v) is 8.07. The maximum atomic E-state index is 14.0. The van der Waals surface area contributed by atoms with E-state index in [1.807, 2.05) is 0 Å². The first-order chi connectivity index (χ1) is 12.3. The second-order valence-corrected chi connectivity index (χ2v) is 6.19. The van der Waals surface area contributed by atoms with Gasteiger partial charge in [0, 0.05) is 5.69 Å². The van der Waals surface area contributed by atoms with Crippen LogP contribution in [0, 0.1) is 0 Å². The topological polar surface area (TPSA) is 35.2 Å². The van der Waals surface area contributed by atoms with E-state index in [9.17, 15) is 13.2 Å². The van der Waals surface area contributed by atoms with Gasteiger partial charge in [0.1, 0.15) is 16.9 Å². The molecule has 1 unspecified atom stereocenters. The third kappa shape index (κ3) is 3.38. The molecule has 0 saturated heterocycles. The molecule has 5 heteroatoms. The van der Waals surface area contributed by atoms with E-state index in [4.69, 9.17) is 10.5 Å². The number of ether oxygens (including phenoxy) is 1. The lowest BCUT2D eigenvalue weighted by Crippen LogP contribution is -2.40. The zero-order valence-corrected chi connectivity index (χ0v) is 14.1. The van der Waals surface area contributed by atoms with Crippen molar-refractivity contribution in [3.8, 4) is 11.5 Å². The van der Waals surface area contributed by atoms with Crippen LogP contribution in [-0.2, 0) is 5.41 Å². The predicted octanol–water partition coefficient (Wildman–Crippen LogP) is 5.93. The minimum Gasteiger partial charge on any atom is -0.457 e. The summed E-state index contributed by atoms with van der Waals surface area (Å²) < 4.78 is 47.8. The Morgan fingerprint density at radius 3 is 1.96 bits per heavy atom. The average molecular weight is 357 g/mol. The van der Waals surface area contributed by atoms with Crippen LogP contribution >= 0.6 is 0 Å². The molecule has 0 fully saturated rings. The number of hydrogen-bond donors (Lipinski definition) is 1. The van der Waals surface area contributed by atoms with E-state index in [1.54, 1.807) is 54.6 Å². The van der Waals surface area contributed by atoms with Crippen LogP contribution in [0.5, 0.6) is 11.5 Å². The molecule has 0 aliphatic rings. The Morgan fingerprint density at radius 1 is 0.731 bits per heavy atom. The van der Waals surface area contributed by atoms with Crippen molar-refractivity contribution in [2.45, 2.75) is 18.5 Å². The molecule has 0 amide bonds. The molecule has 3 rings (SSSR count). The molecule has 134 valence electrons. The summed E-state index contributed by atoms with van der Waals surface area (Å²) in [5, 5.41) is 0. The normalized spacial score (nSPS) is 13.8. The highest BCUT2D eigenvalue weighted by molar-refractivity contribution is 5.46. The van der Waals surface area contributed by atoms with Crippen LogP contribution < -0.4 is 10.5 Å². The van der Waals surface area contributed by atoms with E-state index >= 15 is 0 Å². The maximum Gasteiger partial charge on any atom is 0.402 e. The molecule has 0 aromatic heterocycles. The lowest BCUT2D eigenvalue weighted by atomic mass is 9.75. The number of nitrogens with two attached hydrogens (primary N) is 1. The largest absolute Gasteiger partial charge is 0.457 e. The third-order valence-electron chi connectivity index (χ3n) is 4.45. The lowest BCUT2D eigenvalue weighted by molar-refractivity contribution is -0.173. The van der Waals surface area contributed by atoms with Gasteiger partial charge in [-0.05, 0) is 54.4 Å². The summed E-state index contributed by atoms with van der Waals surface area (Å²) in [4.78, 5) is 0. The Hall–Kier alpha value is -2.95. The van der Waals surface area contributed by atoms with Crippen LogP contribution in [0.2, 0.25) is 0 Å². The number of halogens is 3. The fourth-order valence-electron chi connectivity index (χ4n) is 2.81. The SMILES string of the molecule is CC(c1ccccc1)(c1cccc(Oc2ccc(N)cc2)c1)C(F)(F)F. The van der Waals surface area contributed by atoms with E-state index in [-0.39, 0.29) is 11.1 Å². The van der Waals surface area contributed by atoms with Crippen LogP contribution in [0.3, 0.4) is 0 Å². The highest BCUT2D eigenvalue weighted by Gasteiger charge is 2.53. The molecule has 3 aromatic carbocycles. The molecule has 0 aliphatic carbocycles. The van der Waals surface area contributed by atoms with Gasteiger partial charge in [0.25, 0.3) is 0 Å². The number of benzene rings is 3. The fourth-order valence-corrected chi connectivity index (χ4v) is 2.81. The zero-order valence-electron chi connectivity index (χ0n) is 14.1. The van der Waals surface area contributed by atoms with E-state index in [0.29, 0.717) is 17.2 Å². The minimum atomic E-state index is -4.46. The van der Waals surface area contributed by atoms with Crippen molar-refractivity contribution in [3.05, 3.63) is 90.0 Å². The first kappa shape index (κ1) is 17.9. The third-order valence-corrected chi connectivity index (χ3v) is 4.45. The molecule has 26 heavy (non-hydrogen) atoms. The van der Waals surface area contributed by atoms with Crippen LogP contribution in [-0.4, -0.2) is 6.18 Å². The van der Waals surface area contributed by atoms with Crippen LogP contribution in [0.4, 0.5) is 18.9 Å². The molecule has 2 nitrogen and oxygen atoms in total. The highest BCUT2D eigenvalue weighted by atomic mass is 19.4. The van der Waals surface area contributed by atoms with Crippen molar-refractivity contribution < 1.29 is 17.9 Å². The molecule has 0 radical (unpaired) electrons. The summed E-state index contributed by atoms with van der Waals surface area (Å²) in [5.41, 5.74) is 4.36. The molecule has 0 spiro atoms. The predicted molar refractivity (Wildman–Crippen MR) is 96.3 cm³/mol. The monoisotopic (exact) mass is 357 g/mol. The molecule has 0 aliphatic heterocycles. The Labute approximate surface area is 150 Å². The quantitative estimate of drug-likeness (QED) is 0.587. The Balaban J connectivity index is 2.02. The highest BCUT2D eigenvalue weighted by Crippen LogP contribution is 2.46. The van der Waals surface area contributed by atoms with Crippen LogP contribution in [0.15, 0.2) is 78.9 Å². The standard InChI is InChI=1S/C21H18F3NO/c1-20(21(22,23)24,15-6-3-2-4-7-15)16-8-5-9-19(14-16)26-18-12-10-17(25)11-13-18/h2-14H,25H2,1H3. The van der Waals surface area contributed by atoms with Gasteiger partial charge < -0.3 is 10.5 Å². The minimum absolute atomic E-state index is 0.115. The van der Waals surface area contributed by atoms with Crippen molar-refractivity contribution in [2.75, 3.05) is 5.73 Å². The summed E-state index contributed by atoms with van der Waals surface area (Å²) >= 11 is 0. The van der Waals surface area contributed by atoms with Gasteiger partial charge in [-0.2, -0.15) is 13.2 Å². The molecular weight excluding hydrogens is 339 g/mol. The van der Waals surface area contributed by atoms with Crippen molar-refractivity contribution in [1.82, 2.24) is 0 Å². The van der Waals surface area contributed by atoms with E-state index in [0.717, 1.165) is 0 Å². The average Bonchev–Trinajstić information content (AvgIpc) is 2.63. The van der Waals surface area contributed by atoms with Gasteiger partial charge in [0.05, 0.1) is 0 Å². The molecular formula is C21H18F3NO. The Kier molecular flexibility index (Phi) is 4.64. The van der Waals surface area contributed by atoms with Crippen molar-refractivity contribution >= 4 is 5.69 Å². The van der Waals surface area contributed by atoms with Crippen molar-refractivity contribution in [1.29, 1.82) is 0 Å². The number of hydrogen-bond acceptors (Lipinski definition) is 2. The molecule has 2 N–H and O–H groups in total. The molecule has 3 aromatic rings. The van der Waals surface area contributed by atoms with Crippen LogP contribution in [0.25, 0.3) is 0 Å². The second kappa shape index (κ2) is 6.75. The van der Waals surface area contributed by atoms with Crippen LogP contribution in [0.1, 0.15) is 18.1 Å². The van der Waals surface area contributed by atoms with E-state index in [1.165, 1.54) is 31.2 Å². The smallest absolute Gasteiger partial charge is 0.402 e. The summed E-state index contributed by atoms with van der Waals surface area (Å²) in [5.74, 6) is 0.837. The summed E-state index contributed by atoms with van der Waals surface area (Å²) in [6.45, 7) is 1.19. The van der Waals surface area contributed by atoms with E-state index < -0.39 is 11.6 Å². The van der Waals surface area contributed by atoms with Gasteiger partial charge in [-0.25, -0.2) is 0 Å². The Bertz CT molecular complexity index is 876. The maximum absolute atomic E-state index is 14.0. The lowest BCUT2D eigenvalue weighted by Gasteiger charge is -2.33. The van der Waals surface area contributed by atoms with Crippen molar-refractivity contribution in [2.24, 2.45) is 0 Å². The van der Waals surface area contributed by atoms with Gasteiger partial charge in [-0.15, -0.1) is 0 Å². The molecule has 0 heterocycles. The molecule has 0 saturated carbocycles. The summed E-state index contributed by atoms with van der Waals surface area (Å²) in [6, 6.07) is 20.6. The van der Waals surface area contributed by atoms with Gasteiger partial charge >= 0.3 is 6.18 Å².